The molecule has 2 aromatic heterocycles. The van der Waals surface area contributed by atoms with Crippen LogP contribution in [0.3, 0.4) is 0 Å². The molecule has 0 aliphatic carbocycles. The van der Waals surface area contributed by atoms with Crippen molar-refractivity contribution in [2.45, 2.75) is 26.9 Å². The summed E-state index contributed by atoms with van der Waals surface area (Å²) < 4.78 is 12.4. The van der Waals surface area contributed by atoms with Gasteiger partial charge < -0.3 is 14.6 Å². The standard InChI is InChI=1S/C27H23N3O3S/c1-16(2)32-23-13-12-18(14-17(23)3)24-15-22(30-33-24)26(31)28-20-9-5-4-8-19(20)27-29-21-10-6-7-11-25(21)34-27/h4-16H,1-3H3,(H,28,31). The van der Waals surface area contributed by atoms with Crippen molar-refractivity contribution < 1.29 is 14.1 Å². The number of aromatic nitrogens is 2. The first-order chi connectivity index (χ1) is 16.5. The summed E-state index contributed by atoms with van der Waals surface area (Å²) >= 11 is 1.59. The predicted octanol–water partition coefficient (Wildman–Crippen LogP) is 6.97. The number of anilines is 1. The minimum absolute atomic E-state index is 0.0933. The topological polar surface area (TPSA) is 77.3 Å². The molecule has 0 fully saturated rings. The molecule has 0 saturated carbocycles. The van der Waals surface area contributed by atoms with Gasteiger partial charge in [-0.05, 0) is 68.8 Å². The Balaban J connectivity index is 1.38. The van der Waals surface area contributed by atoms with E-state index in [0.29, 0.717) is 11.4 Å². The summed E-state index contributed by atoms with van der Waals surface area (Å²) in [5.74, 6) is 0.992. The normalized spacial score (nSPS) is 11.2. The minimum atomic E-state index is -0.347. The average molecular weight is 470 g/mol. The summed E-state index contributed by atoms with van der Waals surface area (Å²) in [6.07, 6.45) is 0.0933. The number of thiazole rings is 1. The van der Waals surface area contributed by atoms with Gasteiger partial charge in [0.05, 0.1) is 22.0 Å². The van der Waals surface area contributed by atoms with Gasteiger partial charge in [-0.15, -0.1) is 11.3 Å². The zero-order chi connectivity index (χ0) is 23.7. The maximum atomic E-state index is 13.0. The Kier molecular flexibility index (Phi) is 5.86. The molecule has 0 saturated heterocycles. The van der Waals surface area contributed by atoms with Crippen LogP contribution in [0.1, 0.15) is 29.9 Å². The minimum Gasteiger partial charge on any atom is -0.491 e. The third-order valence-corrected chi connectivity index (χ3v) is 6.33. The van der Waals surface area contributed by atoms with Gasteiger partial charge in [-0.3, -0.25) is 4.79 Å². The second-order valence-electron chi connectivity index (χ2n) is 8.21. The lowest BCUT2D eigenvalue weighted by atomic mass is 10.1. The van der Waals surface area contributed by atoms with Gasteiger partial charge in [-0.1, -0.05) is 29.4 Å². The Hall–Kier alpha value is -3.97. The van der Waals surface area contributed by atoms with Crippen LogP contribution in [-0.4, -0.2) is 22.2 Å². The fraction of sp³-hybridized carbons (Fsp3) is 0.148. The van der Waals surface area contributed by atoms with E-state index in [4.69, 9.17) is 14.2 Å². The summed E-state index contributed by atoms with van der Waals surface area (Å²) in [6, 6.07) is 23.0. The van der Waals surface area contributed by atoms with Gasteiger partial charge in [-0.2, -0.15) is 0 Å². The lowest BCUT2D eigenvalue weighted by Gasteiger charge is -2.12. The molecule has 2 heterocycles. The molecule has 5 rings (SSSR count). The average Bonchev–Trinajstić information content (AvgIpc) is 3.48. The van der Waals surface area contributed by atoms with Crippen molar-refractivity contribution in [3.63, 3.8) is 0 Å². The maximum absolute atomic E-state index is 13.0. The molecule has 7 heteroatoms. The van der Waals surface area contributed by atoms with Crippen LogP contribution in [-0.2, 0) is 0 Å². The van der Waals surface area contributed by atoms with E-state index in [9.17, 15) is 4.79 Å². The van der Waals surface area contributed by atoms with Crippen molar-refractivity contribution in [1.29, 1.82) is 0 Å². The number of para-hydroxylation sites is 2. The fourth-order valence-electron chi connectivity index (χ4n) is 3.66. The number of nitrogens with zero attached hydrogens (tertiary/aromatic N) is 2. The number of aryl methyl sites for hydroxylation is 1. The highest BCUT2D eigenvalue weighted by molar-refractivity contribution is 7.21. The van der Waals surface area contributed by atoms with Crippen molar-refractivity contribution in [2.75, 3.05) is 5.32 Å². The number of hydrogen-bond donors (Lipinski definition) is 1. The highest BCUT2D eigenvalue weighted by Gasteiger charge is 2.18. The molecular weight excluding hydrogens is 446 g/mol. The lowest BCUT2D eigenvalue weighted by molar-refractivity contribution is 0.101. The van der Waals surface area contributed by atoms with Crippen LogP contribution in [0.4, 0.5) is 5.69 Å². The number of carbonyl (C=O) groups is 1. The smallest absolute Gasteiger partial charge is 0.277 e. The van der Waals surface area contributed by atoms with Gasteiger partial charge in [0.1, 0.15) is 10.8 Å². The molecule has 170 valence electrons. The molecule has 0 bridgehead atoms. The number of fused-ring (bicyclic) bond motifs is 1. The van der Waals surface area contributed by atoms with E-state index in [1.807, 2.05) is 87.5 Å². The molecule has 0 unspecified atom stereocenters. The van der Waals surface area contributed by atoms with Crippen LogP contribution in [0.2, 0.25) is 0 Å². The summed E-state index contributed by atoms with van der Waals surface area (Å²) in [5.41, 5.74) is 4.48. The highest BCUT2D eigenvalue weighted by Crippen LogP contribution is 2.35. The van der Waals surface area contributed by atoms with Crippen LogP contribution in [0.15, 0.2) is 77.3 Å². The van der Waals surface area contributed by atoms with Gasteiger partial charge in [0, 0.05) is 17.2 Å². The third kappa shape index (κ3) is 4.43. The third-order valence-electron chi connectivity index (χ3n) is 5.26. The Bertz CT molecular complexity index is 1450. The Labute approximate surface area is 201 Å². The quantitative estimate of drug-likeness (QED) is 0.291. The van der Waals surface area contributed by atoms with E-state index in [1.54, 1.807) is 17.4 Å². The van der Waals surface area contributed by atoms with Crippen molar-refractivity contribution in [1.82, 2.24) is 10.1 Å². The van der Waals surface area contributed by atoms with E-state index in [1.165, 1.54) is 0 Å². The first kappa shape index (κ1) is 21.9. The molecule has 1 N–H and O–H groups in total. The number of benzene rings is 3. The molecule has 5 aromatic rings. The van der Waals surface area contributed by atoms with Crippen LogP contribution in [0.25, 0.3) is 32.1 Å². The van der Waals surface area contributed by atoms with Crippen LogP contribution < -0.4 is 10.1 Å². The Morgan fingerprint density at radius 2 is 1.82 bits per heavy atom. The van der Waals surface area contributed by atoms with E-state index < -0.39 is 0 Å². The molecule has 1 amide bonds. The molecule has 6 nitrogen and oxygen atoms in total. The van der Waals surface area contributed by atoms with Crippen LogP contribution in [0, 0.1) is 6.92 Å². The van der Waals surface area contributed by atoms with E-state index in [2.05, 4.69) is 10.5 Å². The number of amides is 1. The summed E-state index contributed by atoms with van der Waals surface area (Å²) in [7, 11) is 0. The summed E-state index contributed by atoms with van der Waals surface area (Å²) in [4.78, 5) is 17.7. The van der Waals surface area contributed by atoms with E-state index in [-0.39, 0.29) is 17.7 Å². The predicted molar refractivity (Wildman–Crippen MR) is 135 cm³/mol. The second-order valence-corrected chi connectivity index (χ2v) is 9.24. The molecule has 0 atom stereocenters. The lowest BCUT2D eigenvalue weighted by Crippen LogP contribution is -2.12. The molecule has 3 aromatic carbocycles. The molecular formula is C27H23N3O3S. The molecule has 34 heavy (non-hydrogen) atoms. The van der Waals surface area contributed by atoms with Gasteiger partial charge in [0.2, 0.25) is 0 Å². The van der Waals surface area contributed by atoms with Crippen molar-refractivity contribution >= 4 is 33.1 Å². The fourth-order valence-corrected chi connectivity index (χ4v) is 4.66. The Morgan fingerprint density at radius 1 is 1.03 bits per heavy atom. The number of hydrogen-bond acceptors (Lipinski definition) is 6. The van der Waals surface area contributed by atoms with E-state index >= 15 is 0 Å². The summed E-state index contributed by atoms with van der Waals surface area (Å²) in [6.45, 7) is 5.96. The molecule has 0 aliphatic rings. The first-order valence-electron chi connectivity index (χ1n) is 11.0. The van der Waals surface area contributed by atoms with Gasteiger partial charge >= 0.3 is 0 Å². The molecule has 0 spiro atoms. The molecule has 0 radical (unpaired) electrons. The highest BCUT2D eigenvalue weighted by atomic mass is 32.1. The van der Waals surface area contributed by atoms with Gasteiger partial charge in [0.25, 0.3) is 5.91 Å². The van der Waals surface area contributed by atoms with Gasteiger partial charge in [0.15, 0.2) is 11.5 Å². The first-order valence-corrected chi connectivity index (χ1v) is 11.8. The number of nitrogens with one attached hydrogen (secondary N) is 1. The largest absolute Gasteiger partial charge is 0.491 e. The monoisotopic (exact) mass is 469 g/mol. The SMILES string of the molecule is Cc1cc(-c2cc(C(=O)Nc3ccccc3-c3nc4ccccc4s3)no2)ccc1OC(C)C. The van der Waals surface area contributed by atoms with Crippen molar-refractivity contribution in [3.05, 3.63) is 84.1 Å². The summed E-state index contributed by atoms with van der Waals surface area (Å²) in [5, 5.41) is 7.80. The Morgan fingerprint density at radius 3 is 2.62 bits per heavy atom. The number of rotatable bonds is 6. The zero-order valence-corrected chi connectivity index (χ0v) is 19.8. The van der Waals surface area contributed by atoms with Gasteiger partial charge in [-0.25, -0.2) is 4.98 Å². The molecule has 0 aliphatic heterocycles. The zero-order valence-electron chi connectivity index (χ0n) is 19.0. The van der Waals surface area contributed by atoms with E-state index in [0.717, 1.165) is 37.7 Å². The number of ether oxygens (including phenoxy) is 1. The number of carbonyl (C=O) groups excluding carboxylic acids is 1. The van der Waals surface area contributed by atoms with Crippen molar-refractivity contribution in [3.8, 4) is 27.6 Å². The maximum Gasteiger partial charge on any atom is 0.277 e. The van der Waals surface area contributed by atoms with Crippen LogP contribution >= 0.6 is 11.3 Å². The van der Waals surface area contributed by atoms with Crippen LogP contribution in [0.5, 0.6) is 5.75 Å². The van der Waals surface area contributed by atoms with Crippen molar-refractivity contribution in [2.24, 2.45) is 0 Å². The second kappa shape index (κ2) is 9.11.